The van der Waals surface area contributed by atoms with Gasteiger partial charge in [0.1, 0.15) is 5.82 Å². The predicted octanol–water partition coefficient (Wildman–Crippen LogP) is 0.185. The van der Waals surface area contributed by atoms with Crippen LogP contribution in [0.1, 0.15) is 5.69 Å². The molecule has 0 spiro atoms. The average molecular weight is 208 g/mol. The Morgan fingerprint density at radius 3 is 3.13 bits per heavy atom. The molecule has 0 saturated carbocycles. The SMILES string of the molecule is Cc1ccc(NCC2CNCCO2)nn1. The van der Waals surface area contributed by atoms with Gasteiger partial charge in [-0.1, -0.05) is 0 Å². The molecule has 15 heavy (non-hydrogen) atoms. The Kier molecular flexibility index (Phi) is 3.47. The zero-order valence-corrected chi connectivity index (χ0v) is 8.86. The van der Waals surface area contributed by atoms with E-state index in [-0.39, 0.29) is 6.10 Å². The smallest absolute Gasteiger partial charge is 0.148 e. The van der Waals surface area contributed by atoms with Crippen molar-refractivity contribution in [1.82, 2.24) is 15.5 Å². The van der Waals surface area contributed by atoms with Crippen LogP contribution in [0.2, 0.25) is 0 Å². The van der Waals surface area contributed by atoms with Crippen molar-refractivity contribution >= 4 is 5.82 Å². The van der Waals surface area contributed by atoms with Gasteiger partial charge in [-0.3, -0.25) is 0 Å². The first-order valence-corrected chi connectivity index (χ1v) is 5.21. The van der Waals surface area contributed by atoms with Crippen molar-refractivity contribution in [3.8, 4) is 0 Å². The summed E-state index contributed by atoms with van der Waals surface area (Å²) in [5.74, 6) is 0.801. The van der Waals surface area contributed by atoms with E-state index in [2.05, 4.69) is 20.8 Å². The van der Waals surface area contributed by atoms with E-state index in [1.54, 1.807) is 0 Å². The van der Waals surface area contributed by atoms with E-state index in [1.165, 1.54) is 0 Å². The van der Waals surface area contributed by atoms with Crippen molar-refractivity contribution in [3.05, 3.63) is 17.8 Å². The number of nitrogens with one attached hydrogen (secondary N) is 2. The van der Waals surface area contributed by atoms with Crippen LogP contribution < -0.4 is 10.6 Å². The Morgan fingerprint density at radius 1 is 1.53 bits per heavy atom. The Hall–Kier alpha value is -1.20. The van der Waals surface area contributed by atoms with Gasteiger partial charge in [0.2, 0.25) is 0 Å². The molecule has 1 aromatic heterocycles. The first-order chi connectivity index (χ1) is 7.34. The van der Waals surface area contributed by atoms with E-state index in [4.69, 9.17) is 4.74 Å². The van der Waals surface area contributed by atoms with Gasteiger partial charge in [-0.2, -0.15) is 5.10 Å². The lowest BCUT2D eigenvalue weighted by atomic mass is 10.3. The van der Waals surface area contributed by atoms with Crippen molar-refractivity contribution in [2.45, 2.75) is 13.0 Å². The molecule has 2 heterocycles. The summed E-state index contributed by atoms with van der Waals surface area (Å²) in [7, 11) is 0. The van der Waals surface area contributed by atoms with Crippen molar-refractivity contribution < 1.29 is 4.74 Å². The van der Waals surface area contributed by atoms with Crippen LogP contribution in [-0.2, 0) is 4.74 Å². The van der Waals surface area contributed by atoms with Crippen LogP contribution >= 0.6 is 0 Å². The molecule has 1 saturated heterocycles. The van der Waals surface area contributed by atoms with Gasteiger partial charge in [-0.15, -0.1) is 5.10 Å². The van der Waals surface area contributed by atoms with Crippen LogP contribution in [0, 0.1) is 6.92 Å². The summed E-state index contributed by atoms with van der Waals surface area (Å²) >= 11 is 0. The largest absolute Gasteiger partial charge is 0.374 e. The van der Waals surface area contributed by atoms with Crippen molar-refractivity contribution in [2.24, 2.45) is 0 Å². The number of anilines is 1. The zero-order chi connectivity index (χ0) is 10.5. The third-order valence-corrected chi connectivity index (χ3v) is 2.31. The number of aromatic nitrogens is 2. The molecular formula is C10H16N4O. The Balaban J connectivity index is 1.79. The molecule has 0 bridgehead atoms. The monoisotopic (exact) mass is 208 g/mol. The van der Waals surface area contributed by atoms with Crippen LogP contribution in [-0.4, -0.2) is 42.5 Å². The lowest BCUT2D eigenvalue weighted by Gasteiger charge is -2.23. The van der Waals surface area contributed by atoms with Gasteiger partial charge in [0.15, 0.2) is 0 Å². The maximum atomic E-state index is 5.55. The second-order valence-electron chi connectivity index (χ2n) is 3.64. The molecule has 1 fully saturated rings. The first kappa shape index (κ1) is 10.3. The molecule has 5 heteroatoms. The quantitative estimate of drug-likeness (QED) is 0.742. The number of hydrogen-bond donors (Lipinski definition) is 2. The van der Waals surface area contributed by atoms with Crippen LogP contribution in [0.5, 0.6) is 0 Å². The van der Waals surface area contributed by atoms with Crippen molar-refractivity contribution in [1.29, 1.82) is 0 Å². The average Bonchev–Trinajstić information content (AvgIpc) is 2.30. The zero-order valence-electron chi connectivity index (χ0n) is 8.86. The van der Waals surface area contributed by atoms with Crippen molar-refractivity contribution in [2.75, 3.05) is 31.6 Å². The molecular weight excluding hydrogens is 192 g/mol. The number of hydrogen-bond acceptors (Lipinski definition) is 5. The highest BCUT2D eigenvalue weighted by Gasteiger charge is 2.12. The summed E-state index contributed by atoms with van der Waals surface area (Å²) in [5.41, 5.74) is 0.927. The van der Waals surface area contributed by atoms with Crippen LogP contribution in [0.25, 0.3) is 0 Å². The molecule has 2 rings (SSSR count). The van der Waals surface area contributed by atoms with E-state index in [0.717, 1.165) is 37.8 Å². The van der Waals surface area contributed by atoms with E-state index < -0.39 is 0 Å². The lowest BCUT2D eigenvalue weighted by Crippen LogP contribution is -2.42. The fraction of sp³-hybridized carbons (Fsp3) is 0.600. The molecule has 0 aromatic carbocycles. The normalized spacial score (nSPS) is 21.3. The predicted molar refractivity (Wildman–Crippen MR) is 57.9 cm³/mol. The van der Waals surface area contributed by atoms with E-state index >= 15 is 0 Å². The molecule has 0 amide bonds. The fourth-order valence-electron chi connectivity index (χ4n) is 1.46. The summed E-state index contributed by atoms with van der Waals surface area (Å²) in [6.45, 7) is 5.31. The van der Waals surface area contributed by atoms with Gasteiger partial charge in [-0.05, 0) is 19.1 Å². The molecule has 0 aliphatic carbocycles. The highest BCUT2D eigenvalue weighted by molar-refractivity contribution is 5.32. The van der Waals surface area contributed by atoms with Gasteiger partial charge in [0.05, 0.1) is 18.4 Å². The second-order valence-corrected chi connectivity index (χ2v) is 3.64. The standard InChI is InChI=1S/C10H16N4O/c1-8-2-3-10(14-13-8)12-7-9-6-11-4-5-15-9/h2-3,9,11H,4-7H2,1H3,(H,12,14). The Bertz CT molecular complexity index is 295. The van der Waals surface area contributed by atoms with Crippen molar-refractivity contribution in [3.63, 3.8) is 0 Å². The van der Waals surface area contributed by atoms with E-state index in [9.17, 15) is 0 Å². The van der Waals surface area contributed by atoms with Gasteiger partial charge >= 0.3 is 0 Å². The third-order valence-electron chi connectivity index (χ3n) is 2.31. The number of morpholine rings is 1. The summed E-state index contributed by atoms with van der Waals surface area (Å²) < 4.78 is 5.55. The number of nitrogens with zero attached hydrogens (tertiary/aromatic N) is 2. The van der Waals surface area contributed by atoms with E-state index in [1.807, 2.05) is 19.1 Å². The molecule has 82 valence electrons. The van der Waals surface area contributed by atoms with Gasteiger partial charge < -0.3 is 15.4 Å². The second kappa shape index (κ2) is 5.04. The lowest BCUT2D eigenvalue weighted by molar-refractivity contribution is 0.0372. The molecule has 1 aromatic rings. The number of rotatable bonds is 3. The number of aryl methyl sites for hydroxylation is 1. The summed E-state index contributed by atoms with van der Waals surface area (Å²) in [5, 5.41) is 14.5. The highest BCUT2D eigenvalue weighted by atomic mass is 16.5. The molecule has 1 aliphatic rings. The Morgan fingerprint density at radius 2 is 2.47 bits per heavy atom. The van der Waals surface area contributed by atoms with Crippen LogP contribution in [0.4, 0.5) is 5.82 Å². The minimum atomic E-state index is 0.224. The third kappa shape index (κ3) is 3.14. The summed E-state index contributed by atoms with van der Waals surface area (Å²) in [6, 6.07) is 3.87. The molecule has 2 N–H and O–H groups in total. The van der Waals surface area contributed by atoms with Gasteiger partial charge in [-0.25, -0.2) is 0 Å². The molecule has 1 atom stereocenters. The highest BCUT2D eigenvalue weighted by Crippen LogP contribution is 2.02. The minimum absolute atomic E-state index is 0.224. The summed E-state index contributed by atoms with van der Waals surface area (Å²) in [6.07, 6.45) is 0.224. The molecule has 1 aliphatic heterocycles. The number of ether oxygens (including phenoxy) is 1. The molecule has 0 radical (unpaired) electrons. The molecule has 1 unspecified atom stereocenters. The minimum Gasteiger partial charge on any atom is -0.374 e. The summed E-state index contributed by atoms with van der Waals surface area (Å²) in [4.78, 5) is 0. The molecule has 5 nitrogen and oxygen atoms in total. The maximum Gasteiger partial charge on any atom is 0.148 e. The fourth-order valence-corrected chi connectivity index (χ4v) is 1.46. The van der Waals surface area contributed by atoms with Crippen LogP contribution in [0.3, 0.4) is 0 Å². The topological polar surface area (TPSA) is 59.1 Å². The maximum absolute atomic E-state index is 5.55. The van der Waals surface area contributed by atoms with Gasteiger partial charge in [0.25, 0.3) is 0 Å². The first-order valence-electron chi connectivity index (χ1n) is 5.21. The van der Waals surface area contributed by atoms with E-state index in [0.29, 0.717) is 0 Å². The van der Waals surface area contributed by atoms with Crippen LogP contribution in [0.15, 0.2) is 12.1 Å². The Labute approximate surface area is 89.2 Å². The van der Waals surface area contributed by atoms with Gasteiger partial charge in [0, 0.05) is 19.6 Å².